The summed E-state index contributed by atoms with van der Waals surface area (Å²) in [5, 5.41) is 2.59. The van der Waals surface area contributed by atoms with E-state index >= 15 is 0 Å². The molecule has 2 N–H and O–H groups in total. The first-order valence-corrected chi connectivity index (χ1v) is 8.85. The summed E-state index contributed by atoms with van der Waals surface area (Å²) < 4.78 is 33.5. The van der Waals surface area contributed by atoms with Crippen molar-refractivity contribution in [2.45, 2.75) is 4.90 Å². The van der Waals surface area contributed by atoms with Crippen molar-refractivity contribution in [3.05, 3.63) is 46.0 Å². The summed E-state index contributed by atoms with van der Waals surface area (Å²) in [6.07, 6.45) is 0. The van der Waals surface area contributed by atoms with E-state index in [1.165, 1.54) is 18.2 Å². The molecule has 1 aliphatic rings. The molecule has 6 nitrogen and oxygen atoms in total. The molecule has 0 unspecified atom stereocenters. The molecule has 0 spiro atoms. The second-order valence-corrected chi connectivity index (χ2v) is 7.54. The third-order valence-electron chi connectivity index (χ3n) is 2.97. The van der Waals surface area contributed by atoms with Gasteiger partial charge >= 0.3 is 0 Å². The molecule has 0 saturated heterocycles. The number of benzene rings is 2. The minimum Gasteiger partial charge on any atom is -0.482 e. The zero-order chi connectivity index (χ0) is 15.7. The summed E-state index contributed by atoms with van der Waals surface area (Å²) in [5.41, 5.74) is 0.826. The van der Waals surface area contributed by atoms with Gasteiger partial charge in [0.2, 0.25) is 0 Å². The lowest BCUT2D eigenvalue weighted by atomic mass is 10.2. The molecule has 0 aliphatic carbocycles. The molecule has 3 rings (SSSR count). The van der Waals surface area contributed by atoms with E-state index < -0.39 is 10.0 Å². The van der Waals surface area contributed by atoms with Gasteiger partial charge in [-0.1, -0.05) is 6.07 Å². The number of ether oxygens (including phenoxy) is 1. The topological polar surface area (TPSA) is 84.5 Å². The summed E-state index contributed by atoms with van der Waals surface area (Å²) in [5.74, 6) is 0.139. The van der Waals surface area contributed by atoms with Crippen molar-refractivity contribution in [3.63, 3.8) is 0 Å². The molecule has 0 atom stereocenters. The van der Waals surface area contributed by atoms with Crippen LogP contribution in [0, 0.1) is 3.57 Å². The highest BCUT2D eigenvalue weighted by Gasteiger charge is 2.21. The van der Waals surface area contributed by atoms with Crippen LogP contribution in [-0.4, -0.2) is 20.9 Å². The Balaban J connectivity index is 1.92. The van der Waals surface area contributed by atoms with E-state index in [0.29, 0.717) is 17.1 Å². The van der Waals surface area contributed by atoms with Crippen LogP contribution in [0.3, 0.4) is 0 Å². The number of nitrogens with one attached hydrogen (secondary N) is 2. The minimum absolute atomic E-state index is 0.0518. The van der Waals surface area contributed by atoms with Gasteiger partial charge in [0, 0.05) is 9.26 Å². The first-order chi connectivity index (χ1) is 10.4. The van der Waals surface area contributed by atoms with E-state index in [4.69, 9.17) is 4.74 Å². The van der Waals surface area contributed by atoms with E-state index in [1.54, 1.807) is 18.2 Å². The number of carbonyl (C=O) groups excluding carboxylic acids is 1. The summed E-state index contributed by atoms with van der Waals surface area (Å²) >= 11 is 2.10. The largest absolute Gasteiger partial charge is 0.482 e. The lowest BCUT2D eigenvalue weighted by Gasteiger charge is -2.18. The molecule has 8 heteroatoms. The summed E-state index contributed by atoms with van der Waals surface area (Å²) in [7, 11) is -3.74. The maximum atomic E-state index is 12.4. The first-order valence-electron chi connectivity index (χ1n) is 6.29. The predicted molar refractivity (Wildman–Crippen MR) is 90.5 cm³/mol. The number of anilines is 2. The minimum atomic E-state index is -3.74. The van der Waals surface area contributed by atoms with Gasteiger partial charge in [-0.2, -0.15) is 0 Å². The van der Waals surface area contributed by atoms with Crippen LogP contribution in [0.25, 0.3) is 0 Å². The highest BCUT2D eigenvalue weighted by Crippen LogP contribution is 2.30. The molecule has 0 saturated carbocycles. The van der Waals surface area contributed by atoms with Gasteiger partial charge < -0.3 is 10.1 Å². The van der Waals surface area contributed by atoms with Crippen LogP contribution in [0.15, 0.2) is 47.4 Å². The number of rotatable bonds is 3. The Morgan fingerprint density at radius 2 is 2.00 bits per heavy atom. The van der Waals surface area contributed by atoms with Gasteiger partial charge in [0.15, 0.2) is 6.61 Å². The number of fused-ring (bicyclic) bond motifs is 1. The fraction of sp³-hybridized carbons (Fsp3) is 0.0714. The molecule has 2 aromatic rings. The SMILES string of the molecule is O=C1COc2ccc(S(=O)(=O)Nc3cccc(I)c3)cc2N1. The Kier molecular flexibility index (Phi) is 3.96. The van der Waals surface area contributed by atoms with Crippen molar-refractivity contribution in [1.82, 2.24) is 0 Å². The molecule has 1 aliphatic heterocycles. The van der Waals surface area contributed by atoms with Crippen molar-refractivity contribution in [2.75, 3.05) is 16.6 Å². The molecule has 114 valence electrons. The fourth-order valence-corrected chi connectivity index (χ4v) is 3.61. The van der Waals surface area contributed by atoms with Crippen molar-refractivity contribution in [2.24, 2.45) is 0 Å². The summed E-state index contributed by atoms with van der Waals surface area (Å²) in [4.78, 5) is 11.4. The van der Waals surface area contributed by atoms with Crippen molar-refractivity contribution in [1.29, 1.82) is 0 Å². The molecule has 2 aromatic carbocycles. The normalized spacial score (nSPS) is 13.8. The van der Waals surface area contributed by atoms with Crippen molar-refractivity contribution < 1.29 is 17.9 Å². The highest BCUT2D eigenvalue weighted by molar-refractivity contribution is 14.1. The Labute approximate surface area is 141 Å². The van der Waals surface area contributed by atoms with Gasteiger partial charge in [0.25, 0.3) is 15.9 Å². The molecule has 0 fully saturated rings. The van der Waals surface area contributed by atoms with Gasteiger partial charge in [-0.05, 0) is 59.0 Å². The fourth-order valence-electron chi connectivity index (χ4n) is 2.00. The Morgan fingerprint density at radius 1 is 1.18 bits per heavy atom. The molecule has 0 bridgehead atoms. The van der Waals surface area contributed by atoms with Crippen LogP contribution in [0.1, 0.15) is 0 Å². The summed E-state index contributed by atoms with van der Waals surface area (Å²) in [6.45, 7) is -0.0696. The molecule has 22 heavy (non-hydrogen) atoms. The van der Waals surface area contributed by atoms with Crippen LogP contribution in [0.4, 0.5) is 11.4 Å². The average Bonchev–Trinajstić information content (AvgIpc) is 2.46. The van der Waals surface area contributed by atoms with Crippen LogP contribution < -0.4 is 14.8 Å². The van der Waals surface area contributed by atoms with Crippen LogP contribution in [-0.2, 0) is 14.8 Å². The third kappa shape index (κ3) is 3.17. The standard InChI is InChI=1S/C14H11IN2O4S/c15-9-2-1-3-10(6-9)17-22(19,20)11-4-5-13-12(7-11)16-14(18)8-21-13/h1-7,17H,8H2,(H,16,18). The van der Waals surface area contributed by atoms with E-state index in [2.05, 4.69) is 32.6 Å². The zero-order valence-electron chi connectivity index (χ0n) is 11.2. The zero-order valence-corrected chi connectivity index (χ0v) is 14.1. The monoisotopic (exact) mass is 430 g/mol. The van der Waals surface area contributed by atoms with Gasteiger partial charge in [-0.3, -0.25) is 9.52 Å². The number of amides is 1. The average molecular weight is 430 g/mol. The Morgan fingerprint density at radius 3 is 2.77 bits per heavy atom. The van der Waals surface area contributed by atoms with Gasteiger partial charge in [0.1, 0.15) is 5.75 Å². The second-order valence-electron chi connectivity index (χ2n) is 4.61. The molecule has 1 amide bonds. The summed E-state index contributed by atoms with van der Waals surface area (Å²) in [6, 6.07) is 11.4. The number of hydrogen-bond acceptors (Lipinski definition) is 4. The van der Waals surface area contributed by atoms with E-state index in [9.17, 15) is 13.2 Å². The van der Waals surface area contributed by atoms with E-state index in [-0.39, 0.29) is 17.4 Å². The number of carbonyl (C=O) groups is 1. The Hall–Kier alpha value is -1.81. The maximum Gasteiger partial charge on any atom is 0.262 e. The molecule has 0 aromatic heterocycles. The molecule has 0 radical (unpaired) electrons. The molecular weight excluding hydrogens is 419 g/mol. The van der Waals surface area contributed by atoms with Crippen molar-refractivity contribution in [3.8, 4) is 5.75 Å². The first kappa shape index (κ1) is 15.1. The van der Waals surface area contributed by atoms with Gasteiger partial charge in [0.05, 0.1) is 10.6 Å². The van der Waals surface area contributed by atoms with E-state index in [1.807, 2.05) is 6.07 Å². The van der Waals surface area contributed by atoms with E-state index in [0.717, 1.165) is 3.57 Å². The highest BCUT2D eigenvalue weighted by atomic mass is 127. The smallest absolute Gasteiger partial charge is 0.262 e. The van der Waals surface area contributed by atoms with Crippen LogP contribution in [0.5, 0.6) is 5.75 Å². The second kappa shape index (κ2) is 5.76. The number of halogens is 1. The lowest BCUT2D eigenvalue weighted by Crippen LogP contribution is -2.25. The lowest BCUT2D eigenvalue weighted by molar-refractivity contribution is -0.118. The maximum absolute atomic E-state index is 12.4. The van der Waals surface area contributed by atoms with Gasteiger partial charge in [-0.15, -0.1) is 0 Å². The molecular formula is C14H11IN2O4S. The predicted octanol–water partition coefficient (Wildman–Crippen LogP) is 2.42. The Bertz CT molecular complexity index is 852. The quantitative estimate of drug-likeness (QED) is 0.733. The molecule has 1 heterocycles. The van der Waals surface area contributed by atoms with Gasteiger partial charge in [-0.25, -0.2) is 8.42 Å². The number of sulfonamides is 1. The number of hydrogen-bond donors (Lipinski definition) is 2. The van der Waals surface area contributed by atoms with Crippen molar-refractivity contribution >= 4 is 49.9 Å². The third-order valence-corrected chi connectivity index (χ3v) is 5.02. The van der Waals surface area contributed by atoms with Crippen LogP contribution in [0.2, 0.25) is 0 Å². The van der Waals surface area contributed by atoms with Crippen LogP contribution >= 0.6 is 22.6 Å².